The molecule has 0 bridgehead atoms. The van der Waals surface area contributed by atoms with Crippen molar-refractivity contribution in [2.24, 2.45) is 5.92 Å². The topological polar surface area (TPSA) is 64.1 Å². The number of ether oxygens (including phenoxy) is 3. The fourth-order valence-electron chi connectivity index (χ4n) is 3.69. The average Bonchev–Trinajstić information content (AvgIpc) is 2.83. The van der Waals surface area contributed by atoms with Gasteiger partial charge in [0.05, 0.1) is 32.0 Å². The Morgan fingerprint density at radius 1 is 1.24 bits per heavy atom. The van der Waals surface area contributed by atoms with Gasteiger partial charge < -0.3 is 19.1 Å². The van der Waals surface area contributed by atoms with E-state index in [9.17, 15) is 4.79 Å². The van der Waals surface area contributed by atoms with Gasteiger partial charge in [0.15, 0.2) is 11.5 Å². The summed E-state index contributed by atoms with van der Waals surface area (Å²) in [7, 11) is 1.55. The monoisotopic (exact) mass is 475 g/mol. The van der Waals surface area contributed by atoms with Crippen molar-refractivity contribution in [2.75, 3.05) is 53.1 Å². The number of hydrogen-bond donors (Lipinski definition) is 0. The first kappa shape index (κ1) is 25.3. The standard InChI is InChI=1S/C25H34ClN3O4/c1-19(2)18-33-24-22(26)15-21(16-23(24)31-3)25(30)29(17-20-5-7-27-8-6-20)10-4-9-28-11-13-32-14-12-28/h5-8,15-16,19H,4,9-14,17-18H2,1-3H3. The molecule has 180 valence electrons. The van der Waals surface area contributed by atoms with Gasteiger partial charge >= 0.3 is 0 Å². The predicted octanol–water partition coefficient (Wildman–Crippen LogP) is 4.14. The minimum atomic E-state index is -0.0931. The summed E-state index contributed by atoms with van der Waals surface area (Å²) in [6.45, 7) is 10.1. The lowest BCUT2D eigenvalue weighted by Crippen LogP contribution is -2.39. The van der Waals surface area contributed by atoms with Gasteiger partial charge in [-0.3, -0.25) is 14.7 Å². The zero-order valence-electron chi connectivity index (χ0n) is 19.8. The quantitative estimate of drug-likeness (QED) is 0.486. The highest BCUT2D eigenvalue weighted by Crippen LogP contribution is 2.37. The maximum Gasteiger partial charge on any atom is 0.254 e. The highest BCUT2D eigenvalue weighted by Gasteiger charge is 2.21. The molecule has 0 aliphatic carbocycles. The Balaban J connectivity index is 1.76. The maximum atomic E-state index is 13.6. The number of benzene rings is 1. The minimum absolute atomic E-state index is 0.0931. The van der Waals surface area contributed by atoms with Crippen molar-refractivity contribution in [3.05, 3.63) is 52.8 Å². The molecule has 8 heteroatoms. The first-order valence-electron chi connectivity index (χ1n) is 11.5. The average molecular weight is 476 g/mol. The summed E-state index contributed by atoms with van der Waals surface area (Å²) in [6.07, 6.45) is 4.36. The van der Waals surface area contributed by atoms with Gasteiger partial charge in [-0.25, -0.2) is 0 Å². The molecule has 0 spiro atoms. The molecule has 1 fully saturated rings. The zero-order valence-corrected chi connectivity index (χ0v) is 20.5. The summed E-state index contributed by atoms with van der Waals surface area (Å²) in [5.74, 6) is 1.18. The first-order valence-corrected chi connectivity index (χ1v) is 11.8. The van der Waals surface area contributed by atoms with Gasteiger partial charge in [-0.2, -0.15) is 0 Å². The number of aromatic nitrogens is 1. The molecular formula is C25H34ClN3O4. The molecule has 0 radical (unpaired) electrons. The normalized spacial score (nSPS) is 14.3. The third-order valence-electron chi connectivity index (χ3n) is 5.45. The SMILES string of the molecule is COc1cc(C(=O)N(CCCN2CCOCC2)Cc2ccncc2)cc(Cl)c1OCC(C)C. The highest BCUT2D eigenvalue weighted by atomic mass is 35.5. The van der Waals surface area contributed by atoms with Crippen LogP contribution < -0.4 is 9.47 Å². The molecule has 2 heterocycles. The lowest BCUT2D eigenvalue weighted by atomic mass is 10.1. The molecule has 2 aromatic rings. The van der Waals surface area contributed by atoms with E-state index in [2.05, 4.69) is 23.7 Å². The summed E-state index contributed by atoms with van der Waals surface area (Å²) < 4.78 is 16.8. The molecule has 0 N–H and O–H groups in total. The third kappa shape index (κ3) is 7.59. The third-order valence-corrected chi connectivity index (χ3v) is 5.73. The Morgan fingerprint density at radius 2 is 1.97 bits per heavy atom. The van der Waals surface area contributed by atoms with E-state index in [1.165, 1.54) is 0 Å². The molecular weight excluding hydrogens is 442 g/mol. The van der Waals surface area contributed by atoms with Crippen LogP contribution in [0.3, 0.4) is 0 Å². The van der Waals surface area contributed by atoms with Crippen molar-refractivity contribution in [3.8, 4) is 11.5 Å². The number of morpholine rings is 1. The van der Waals surface area contributed by atoms with E-state index in [1.807, 2.05) is 17.0 Å². The van der Waals surface area contributed by atoms with Crippen LogP contribution in [0.5, 0.6) is 11.5 Å². The number of halogens is 1. The number of methoxy groups -OCH3 is 1. The number of carbonyl (C=O) groups is 1. The number of hydrogen-bond acceptors (Lipinski definition) is 6. The van der Waals surface area contributed by atoms with Gasteiger partial charge in [-0.05, 0) is 42.2 Å². The van der Waals surface area contributed by atoms with Crippen LogP contribution in [0.1, 0.15) is 36.2 Å². The second kappa shape index (κ2) is 12.8. The van der Waals surface area contributed by atoms with E-state index in [0.29, 0.717) is 47.7 Å². The molecule has 1 aromatic carbocycles. The van der Waals surface area contributed by atoms with Crippen LogP contribution in [0, 0.1) is 5.92 Å². The molecule has 1 aliphatic heterocycles. The Bertz CT molecular complexity index is 889. The summed E-state index contributed by atoms with van der Waals surface area (Å²) in [5.41, 5.74) is 1.51. The predicted molar refractivity (Wildman–Crippen MR) is 129 cm³/mol. The second-order valence-electron chi connectivity index (χ2n) is 8.58. The van der Waals surface area contributed by atoms with E-state index < -0.39 is 0 Å². The van der Waals surface area contributed by atoms with Crippen molar-refractivity contribution < 1.29 is 19.0 Å². The van der Waals surface area contributed by atoms with Gasteiger partial charge in [0.1, 0.15) is 0 Å². The van der Waals surface area contributed by atoms with E-state index in [1.54, 1.807) is 31.6 Å². The summed E-state index contributed by atoms with van der Waals surface area (Å²) in [4.78, 5) is 21.9. The van der Waals surface area contributed by atoms with Gasteiger partial charge in [0.2, 0.25) is 0 Å². The largest absolute Gasteiger partial charge is 0.493 e. The molecule has 1 aliphatic rings. The van der Waals surface area contributed by atoms with Gasteiger partial charge in [-0.15, -0.1) is 0 Å². The van der Waals surface area contributed by atoms with E-state index in [0.717, 1.165) is 44.8 Å². The van der Waals surface area contributed by atoms with E-state index in [4.69, 9.17) is 25.8 Å². The Kier molecular flexibility index (Phi) is 9.78. The minimum Gasteiger partial charge on any atom is -0.493 e. The van der Waals surface area contributed by atoms with Crippen molar-refractivity contribution >= 4 is 17.5 Å². The fraction of sp³-hybridized carbons (Fsp3) is 0.520. The molecule has 1 aromatic heterocycles. The van der Waals surface area contributed by atoms with Crippen LogP contribution in [-0.2, 0) is 11.3 Å². The zero-order chi connectivity index (χ0) is 23.6. The van der Waals surface area contributed by atoms with Crippen LogP contribution in [0.15, 0.2) is 36.7 Å². The lowest BCUT2D eigenvalue weighted by molar-refractivity contribution is 0.0355. The number of rotatable bonds is 11. The molecule has 3 rings (SSSR count). The smallest absolute Gasteiger partial charge is 0.254 e. The van der Waals surface area contributed by atoms with E-state index in [-0.39, 0.29) is 5.91 Å². The fourth-order valence-corrected chi connectivity index (χ4v) is 3.95. The van der Waals surface area contributed by atoms with Gasteiger partial charge in [-0.1, -0.05) is 25.4 Å². The summed E-state index contributed by atoms with van der Waals surface area (Å²) in [5, 5.41) is 0.371. The van der Waals surface area contributed by atoms with Crippen molar-refractivity contribution in [2.45, 2.75) is 26.8 Å². The molecule has 7 nitrogen and oxygen atoms in total. The molecule has 1 saturated heterocycles. The summed E-state index contributed by atoms with van der Waals surface area (Å²) in [6, 6.07) is 7.24. The highest BCUT2D eigenvalue weighted by molar-refractivity contribution is 6.32. The Morgan fingerprint density at radius 3 is 2.64 bits per heavy atom. The van der Waals surface area contributed by atoms with Crippen LogP contribution in [-0.4, -0.2) is 73.8 Å². The molecule has 33 heavy (non-hydrogen) atoms. The molecule has 0 unspecified atom stereocenters. The Labute approximate surface area is 201 Å². The van der Waals surface area contributed by atoms with Crippen molar-refractivity contribution in [1.29, 1.82) is 0 Å². The number of pyridine rings is 1. The van der Waals surface area contributed by atoms with Gasteiger partial charge in [0.25, 0.3) is 5.91 Å². The molecule has 0 saturated carbocycles. The maximum absolute atomic E-state index is 13.6. The lowest BCUT2D eigenvalue weighted by Gasteiger charge is -2.28. The Hall–Kier alpha value is -2.35. The van der Waals surface area contributed by atoms with Crippen LogP contribution in [0.2, 0.25) is 5.02 Å². The number of amides is 1. The molecule has 1 amide bonds. The van der Waals surface area contributed by atoms with E-state index >= 15 is 0 Å². The van der Waals surface area contributed by atoms with Crippen LogP contribution >= 0.6 is 11.6 Å². The second-order valence-corrected chi connectivity index (χ2v) is 8.99. The first-order chi connectivity index (χ1) is 16.0. The van der Waals surface area contributed by atoms with Gasteiger partial charge in [0, 0.05) is 50.7 Å². The van der Waals surface area contributed by atoms with Crippen molar-refractivity contribution in [3.63, 3.8) is 0 Å². The molecule has 0 atom stereocenters. The number of carbonyl (C=O) groups excluding carboxylic acids is 1. The van der Waals surface area contributed by atoms with Crippen LogP contribution in [0.4, 0.5) is 0 Å². The summed E-state index contributed by atoms with van der Waals surface area (Å²) >= 11 is 6.51. The number of nitrogens with zero attached hydrogens (tertiary/aromatic N) is 3. The van der Waals surface area contributed by atoms with Crippen molar-refractivity contribution in [1.82, 2.24) is 14.8 Å². The van der Waals surface area contributed by atoms with Crippen LogP contribution in [0.25, 0.3) is 0 Å².